The fourth-order valence-corrected chi connectivity index (χ4v) is 1.97. The quantitative estimate of drug-likeness (QED) is 0.805. The summed E-state index contributed by atoms with van der Waals surface area (Å²) in [6, 6.07) is 4.78. The standard InChI is InChI=1S/C13H15FO2S/c1-10(8-16)17-9-12-5-4-11(3-2-6-15)7-13(12)14/h4-5,7,10,15-16H,6,8-9H2,1H3. The van der Waals surface area contributed by atoms with Crippen LogP contribution in [0.3, 0.4) is 0 Å². The highest BCUT2D eigenvalue weighted by atomic mass is 32.2. The zero-order chi connectivity index (χ0) is 12.7. The van der Waals surface area contributed by atoms with Gasteiger partial charge in [0.2, 0.25) is 0 Å². The fourth-order valence-electron chi connectivity index (χ4n) is 1.17. The molecule has 0 saturated carbocycles. The summed E-state index contributed by atoms with van der Waals surface area (Å²) >= 11 is 1.50. The minimum absolute atomic E-state index is 0.0896. The molecular formula is C13H15FO2S. The van der Waals surface area contributed by atoms with Crippen molar-refractivity contribution in [1.82, 2.24) is 0 Å². The van der Waals surface area contributed by atoms with Gasteiger partial charge in [0.1, 0.15) is 12.4 Å². The summed E-state index contributed by atoms with van der Waals surface area (Å²) in [6.07, 6.45) is 0. The van der Waals surface area contributed by atoms with Crippen LogP contribution >= 0.6 is 11.8 Å². The van der Waals surface area contributed by atoms with E-state index < -0.39 is 0 Å². The number of halogens is 1. The van der Waals surface area contributed by atoms with Crippen LogP contribution in [0.15, 0.2) is 18.2 Å². The lowest BCUT2D eigenvalue weighted by Gasteiger charge is -2.08. The van der Waals surface area contributed by atoms with Gasteiger partial charge in [-0.15, -0.1) is 0 Å². The average molecular weight is 254 g/mol. The lowest BCUT2D eigenvalue weighted by Crippen LogP contribution is -2.03. The highest BCUT2D eigenvalue weighted by Gasteiger charge is 2.06. The van der Waals surface area contributed by atoms with Crippen LogP contribution < -0.4 is 0 Å². The first kappa shape index (κ1) is 14.0. The monoisotopic (exact) mass is 254 g/mol. The van der Waals surface area contributed by atoms with Gasteiger partial charge in [-0.2, -0.15) is 11.8 Å². The Morgan fingerprint density at radius 3 is 2.76 bits per heavy atom. The lowest BCUT2D eigenvalue weighted by atomic mass is 10.1. The van der Waals surface area contributed by atoms with Crippen LogP contribution in [0.5, 0.6) is 0 Å². The van der Waals surface area contributed by atoms with Crippen LogP contribution in [-0.4, -0.2) is 28.7 Å². The minimum atomic E-state index is -0.299. The Hall–Kier alpha value is -1.02. The molecule has 0 spiro atoms. The van der Waals surface area contributed by atoms with Gasteiger partial charge in [0.25, 0.3) is 0 Å². The van der Waals surface area contributed by atoms with Gasteiger partial charge in [-0.3, -0.25) is 0 Å². The third-order valence-corrected chi connectivity index (χ3v) is 3.34. The molecule has 92 valence electrons. The normalized spacial score (nSPS) is 11.8. The van der Waals surface area contributed by atoms with E-state index in [-0.39, 0.29) is 24.3 Å². The van der Waals surface area contributed by atoms with Crippen molar-refractivity contribution in [3.8, 4) is 11.8 Å². The third kappa shape index (κ3) is 4.78. The smallest absolute Gasteiger partial charge is 0.128 e. The molecule has 1 unspecified atom stereocenters. The van der Waals surface area contributed by atoms with E-state index in [9.17, 15) is 4.39 Å². The molecule has 1 rings (SSSR count). The van der Waals surface area contributed by atoms with Gasteiger partial charge in [0.15, 0.2) is 0 Å². The van der Waals surface area contributed by atoms with Gasteiger partial charge in [0.05, 0.1) is 6.61 Å². The van der Waals surface area contributed by atoms with E-state index in [1.54, 1.807) is 12.1 Å². The van der Waals surface area contributed by atoms with E-state index in [0.717, 1.165) is 0 Å². The number of aliphatic hydroxyl groups excluding tert-OH is 2. The molecule has 0 fully saturated rings. The topological polar surface area (TPSA) is 40.5 Å². The molecule has 0 bridgehead atoms. The number of thioether (sulfide) groups is 1. The Morgan fingerprint density at radius 1 is 1.41 bits per heavy atom. The molecule has 0 saturated heterocycles. The maximum Gasteiger partial charge on any atom is 0.128 e. The number of hydrogen-bond donors (Lipinski definition) is 2. The van der Waals surface area contributed by atoms with Gasteiger partial charge < -0.3 is 10.2 Å². The second kappa shape index (κ2) is 7.33. The number of aliphatic hydroxyl groups is 2. The first-order valence-corrected chi connectivity index (χ1v) is 6.33. The Morgan fingerprint density at radius 2 is 2.18 bits per heavy atom. The molecule has 0 aliphatic carbocycles. The van der Waals surface area contributed by atoms with Crippen molar-refractivity contribution in [1.29, 1.82) is 0 Å². The van der Waals surface area contributed by atoms with Crippen molar-refractivity contribution in [2.45, 2.75) is 17.9 Å². The summed E-state index contributed by atoms with van der Waals surface area (Å²) in [7, 11) is 0. The first-order chi connectivity index (χ1) is 8.17. The Kier molecular flexibility index (Phi) is 6.06. The van der Waals surface area contributed by atoms with Crippen molar-refractivity contribution in [3.05, 3.63) is 35.1 Å². The molecule has 17 heavy (non-hydrogen) atoms. The van der Waals surface area contributed by atoms with Gasteiger partial charge in [0, 0.05) is 16.6 Å². The summed E-state index contributed by atoms with van der Waals surface area (Å²) in [4.78, 5) is 0. The molecule has 1 aromatic carbocycles. The van der Waals surface area contributed by atoms with E-state index in [2.05, 4.69) is 11.8 Å². The van der Waals surface area contributed by atoms with Gasteiger partial charge in [-0.1, -0.05) is 24.8 Å². The van der Waals surface area contributed by atoms with Crippen LogP contribution in [0.25, 0.3) is 0 Å². The van der Waals surface area contributed by atoms with Crippen LogP contribution in [0.1, 0.15) is 18.1 Å². The molecule has 0 amide bonds. The van der Waals surface area contributed by atoms with Gasteiger partial charge in [-0.25, -0.2) is 4.39 Å². The number of benzene rings is 1. The van der Waals surface area contributed by atoms with E-state index in [0.29, 0.717) is 16.9 Å². The minimum Gasteiger partial charge on any atom is -0.395 e. The predicted molar refractivity (Wildman–Crippen MR) is 68.2 cm³/mol. The third-order valence-electron chi connectivity index (χ3n) is 2.15. The number of hydrogen-bond acceptors (Lipinski definition) is 3. The molecule has 1 atom stereocenters. The molecule has 0 radical (unpaired) electrons. The summed E-state index contributed by atoms with van der Waals surface area (Å²) in [5.74, 6) is 5.35. The lowest BCUT2D eigenvalue weighted by molar-refractivity contribution is 0.300. The van der Waals surface area contributed by atoms with Crippen molar-refractivity contribution >= 4 is 11.8 Å². The van der Waals surface area contributed by atoms with E-state index in [1.165, 1.54) is 17.8 Å². The molecule has 0 heterocycles. The Bertz CT molecular complexity index is 423. The predicted octanol–water partition coefficient (Wildman–Crippen LogP) is 1.78. The maximum absolute atomic E-state index is 13.6. The molecule has 2 N–H and O–H groups in total. The largest absolute Gasteiger partial charge is 0.395 e. The van der Waals surface area contributed by atoms with Crippen LogP contribution in [0, 0.1) is 17.7 Å². The number of rotatable bonds is 4. The Balaban J connectivity index is 2.69. The molecule has 2 nitrogen and oxygen atoms in total. The molecule has 0 aliphatic heterocycles. The van der Waals surface area contributed by atoms with Crippen molar-refractivity contribution < 1.29 is 14.6 Å². The molecular weight excluding hydrogens is 239 g/mol. The second-order valence-electron chi connectivity index (χ2n) is 3.57. The summed E-state index contributed by atoms with van der Waals surface area (Å²) in [5, 5.41) is 17.5. The summed E-state index contributed by atoms with van der Waals surface area (Å²) in [5.41, 5.74) is 1.16. The average Bonchev–Trinajstić information content (AvgIpc) is 2.34. The fraction of sp³-hybridized carbons (Fsp3) is 0.385. The van der Waals surface area contributed by atoms with Crippen molar-refractivity contribution in [3.63, 3.8) is 0 Å². The van der Waals surface area contributed by atoms with Crippen molar-refractivity contribution in [2.75, 3.05) is 13.2 Å². The van der Waals surface area contributed by atoms with Crippen LogP contribution in [-0.2, 0) is 5.75 Å². The van der Waals surface area contributed by atoms with Gasteiger partial charge in [-0.05, 0) is 17.7 Å². The zero-order valence-electron chi connectivity index (χ0n) is 9.61. The molecule has 0 aliphatic rings. The molecule has 4 heteroatoms. The van der Waals surface area contributed by atoms with Gasteiger partial charge >= 0.3 is 0 Å². The van der Waals surface area contributed by atoms with Crippen LogP contribution in [0.2, 0.25) is 0 Å². The first-order valence-electron chi connectivity index (χ1n) is 5.28. The van der Waals surface area contributed by atoms with Crippen LogP contribution in [0.4, 0.5) is 4.39 Å². The highest BCUT2D eigenvalue weighted by Crippen LogP contribution is 2.20. The summed E-state index contributed by atoms with van der Waals surface area (Å²) < 4.78 is 13.6. The van der Waals surface area contributed by atoms with E-state index >= 15 is 0 Å². The highest BCUT2D eigenvalue weighted by molar-refractivity contribution is 7.99. The summed E-state index contributed by atoms with van der Waals surface area (Å²) in [6.45, 7) is 1.75. The second-order valence-corrected chi connectivity index (χ2v) is 5.00. The van der Waals surface area contributed by atoms with E-state index in [1.807, 2.05) is 6.92 Å². The maximum atomic E-state index is 13.6. The van der Waals surface area contributed by atoms with Crippen molar-refractivity contribution in [2.24, 2.45) is 0 Å². The SMILES string of the molecule is CC(CO)SCc1ccc(C#CCO)cc1F. The Labute approximate surface area is 105 Å². The van der Waals surface area contributed by atoms with E-state index in [4.69, 9.17) is 10.2 Å². The zero-order valence-corrected chi connectivity index (χ0v) is 10.4. The molecule has 1 aromatic rings. The molecule has 0 aromatic heterocycles.